The summed E-state index contributed by atoms with van der Waals surface area (Å²) in [5.41, 5.74) is 4.92. The van der Waals surface area contributed by atoms with E-state index in [1.807, 2.05) is 0 Å². The molecule has 0 aliphatic heterocycles. The predicted octanol–water partition coefficient (Wildman–Crippen LogP) is 2.49. The molecule has 0 aliphatic carbocycles. The zero-order chi connectivity index (χ0) is 13.7. The Balaban J connectivity index is 4.29. The number of hydrogen-bond acceptors (Lipinski definition) is 3. The Morgan fingerprint density at radius 1 is 1.24 bits per heavy atom. The Kier molecular flexibility index (Phi) is 6.43. The molecule has 0 spiro atoms. The summed E-state index contributed by atoms with van der Waals surface area (Å²) in [5.74, 6) is 0. The highest BCUT2D eigenvalue weighted by atomic mass is 19.4. The lowest BCUT2D eigenvalue weighted by atomic mass is 10.1. The summed E-state index contributed by atoms with van der Waals surface area (Å²) in [6.07, 6.45) is -5.73. The summed E-state index contributed by atoms with van der Waals surface area (Å²) in [6.45, 7) is 5.15. The van der Waals surface area contributed by atoms with Crippen LogP contribution in [0.3, 0.4) is 0 Å². The molecule has 2 N–H and O–H groups in total. The molecule has 2 unspecified atom stereocenters. The maximum absolute atomic E-state index is 12.6. The van der Waals surface area contributed by atoms with E-state index < -0.39 is 23.9 Å². The first kappa shape index (κ1) is 16.7. The molecule has 0 saturated carbocycles. The van der Waals surface area contributed by atoms with Gasteiger partial charge in [0.15, 0.2) is 6.10 Å². The molecule has 104 valence electrons. The van der Waals surface area contributed by atoms with Gasteiger partial charge in [0, 0.05) is 13.2 Å². The SMILES string of the molecule is CCC(N)C(OCCC(C)(C)OC)C(F)(F)F. The van der Waals surface area contributed by atoms with Crippen LogP contribution in [0, 0.1) is 0 Å². The van der Waals surface area contributed by atoms with E-state index in [0.717, 1.165) is 0 Å². The van der Waals surface area contributed by atoms with Crippen LogP contribution >= 0.6 is 0 Å². The van der Waals surface area contributed by atoms with Gasteiger partial charge in [-0.1, -0.05) is 6.92 Å². The normalized spacial score (nSPS) is 16.9. The molecular formula is C11H22F3NO2. The van der Waals surface area contributed by atoms with Crippen LogP contribution in [-0.2, 0) is 9.47 Å². The van der Waals surface area contributed by atoms with Crippen LogP contribution in [0.5, 0.6) is 0 Å². The van der Waals surface area contributed by atoms with Crippen molar-refractivity contribution in [2.24, 2.45) is 5.73 Å². The summed E-state index contributed by atoms with van der Waals surface area (Å²) in [6, 6.07) is -1.03. The molecule has 3 nitrogen and oxygen atoms in total. The van der Waals surface area contributed by atoms with Gasteiger partial charge >= 0.3 is 6.18 Å². The van der Waals surface area contributed by atoms with E-state index >= 15 is 0 Å². The molecule has 0 aromatic rings. The van der Waals surface area contributed by atoms with Crippen LogP contribution in [0.15, 0.2) is 0 Å². The van der Waals surface area contributed by atoms with Crippen LogP contribution in [0.4, 0.5) is 13.2 Å². The number of alkyl halides is 3. The van der Waals surface area contributed by atoms with Crippen molar-refractivity contribution < 1.29 is 22.6 Å². The number of nitrogens with two attached hydrogens (primary N) is 1. The first-order valence-corrected chi connectivity index (χ1v) is 5.63. The summed E-state index contributed by atoms with van der Waals surface area (Å²) in [7, 11) is 1.51. The summed E-state index contributed by atoms with van der Waals surface area (Å²) in [5, 5.41) is 0. The van der Waals surface area contributed by atoms with E-state index in [1.165, 1.54) is 7.11 Å². The minimum atomic E-state index is -4.42. The number of rotatable bonds is 7. The van der Waals surface area contributed by atoms with E-state index in [0.29, 0.717) is 6.42 Å². The first-order chi connectivity index (χ1) is 7.64. The van der Waals surface area contributed by atoms with Crippen molar-refractivity contribution in [2.75, 3.05) is 13.7 Å². The summed E-state index contributed by atoms with van der Waals surface area (Å²) in [4.78, 5) is 0. The van der Waals surface area contributed by atoms with Gasteiger partial charge in [0.05, 0.1) is 12.2 Å². The highest BCUT2D eigenvalue weighted by Gasteiger charge is 2.44. The van der Waals surface area contributed by atoms with Gasteiger partial charge in [-0.2, -0.15) is 13.2 Å². The third-order valence-corrected chi connectivity index (χ3v) is 2.74. The number of halogens is 3. The Bertz CT molecular complexity index is 219. The molecule has 17 heavy (non-hydrogen) atoms. The van der Waals surface area contributed by atoms with Gasteiger partial charge in [0.2, 0.25) is 0 Å². The lowest BCUT2D eigenvalue weighted by Crippen LogP contribution is -2.47. The quantitative estimate of drug-likeness (QED) is 0.762. The first-order valence-electron chi connectivity index (χ1n) is 5.63. The Labute approximate surface area is 100 Å². The second-order valence-corrected chi connectivity index (χ2v) is 4.62. The Morgan fingerprint density at radius 2 is 1.76 bits per heavy atom. The van der Waals surface area contributed by atoms with Gasteiger partial charge in [-0.05, 0) is 26.7 Å². The maximum Gasteiger partial charge on any atom is 0.416 e. The van der Waals surface area contributed by atoms with Crippen molar-refractivity contribution in [3.05, 3.63) is 0 Å². The average Bonchev–Trinajstić information content (AvgIpc) is 2.21. The lowest BCUT2D eigenvalue weighted by molar-refractivity contribution is -0.229. The predicted molar refractivity (Wildman–Crippen MR) is 59.8 cm³/mol. The van der Waals surface area contributed by atoms with Crippen molar-refractivity contribution in [1.82, 2.24) is 0 Å². The zero-order valence-electron chi connectivity index (χ0n) is 10.8. The highest BCUT2D eigenvalue weighted by Crippen LogP contribution is 2.26. The molecule has 0 aliphatic rings. The number of hydrogen-bond donors (Lipinski definition) is 1. The van der Waals surface area contributed by atoms with Gasteiger partial charge < -0.3 is 15.2 Å². The minimum absolute atomic E-state index is 0.0291. The van der Waals surface area contributed by atoms with E-state index in [2.05, 4.69) is 0 Å². The van der Waals surface area contributed by atoms with Crippen LogP contribution in [-0.4, -0.2) is 37.6 Å². The molecule has 0 amide bonds. The fourth-order valence-electron chi connectivity index (χ4n) is 1.21. The third kappa shape index (κ3) is 6.24. The highest BCUT2D eigenvalue weighted by molar-refractivity contribution is 4.79. The molecule has 0 heterocycles. The molecule has 0 saturated heterocycles. The van der Waals surface area contributed by atoms with Crippen LogP contribution in [0.2, 0.25) is 0 Å². The van der Waals surface area contributed by atoms with Gasteiger partial charge in [-0.25, -0.2) is 0 Å². The van der Waals surface area contributed by atoms with Gasteiger partial charge in [0.1, 0.15) is 0 Å². The molecule has 6 heteroatoms. The molecule has 0 aromatic carbocycles. The average molecular weight is 257 g/mol. The Morgan fingerprint density at radius 3 is 2.12 bits per heavy atom. The van der Waals surface area contributed by atoms with Gasteiger partial charge in [0.25, 0.3) is 0 Å². The van der Waals surface area contributed by atoms with Crippen molar-refractivity contribution in [3.63, 3.8) is 0 Å². The maximum atomic E-state index is 12.6. The van der Waals surface area contributed by atoms with Gasteiger partial charge in [-0.15, -0.1) is 0 Å². The molecule has 0 rings (SSSR count). The summed E-state index contributed by atoms with van der Waals surface area (Å²) >= 11 is 0. The minimum Gasteiger partial charge on any atom is -0.379 e. The van der Waals surface area contributed by atoms with Crippen molar-refractivity contribution >= 4 is 0 Å². The molecular weight excluding hydrogens is 235 g/mol. The molecule has 0 fully saturated rings. The molecule has 0 bridgehead atoms. The zero-order valence-corrected chi connectivity index (χ0v) is 10.8. The monoisotopic (exact) mass is 257 g/mol. The van der Waals surface area contributed by atoms with E-state index in [1.54, 1.807) is 20.8 Å². The standard InChI is InChI=1S/C11H22F3NO2/c1-5-8(15)9(11(12,13)14)17-7-6-10(2,3)16-4/h8-9H,5-7,15H2,1-4H3. The van der Waals surface area contributed by atoms with Gasteiger partial charge in [-0.3, -0.25) is 0 Å². The topological polar surface area (TPSA) is 44.5 Å². The van der Waals surface area contributed by atoms with E-state index in [-0.39, 0.29) is 13.0 Å². The second kappa shape index (κ2) is 6.56. The van der Waals surface area contributed by atoms with Crippen LogP contribution in [0.25, 0.3) is 0 Å². The van der Waals surface area contributed by atoms with Crippen molar-refractivity contribution in [3.8, 4) is 0 Å². The number of ether oxygens (including phenoxy) is 2. The second-order valence-electron chi connectivity index (χ2n) is 4.62. The fourth-order valence-corrected chi connectivity index (χ4v) is 1.21. The number of methoxy groups -OCH3 is 1. The third-order valence-electron chi connectivity index (χ3n) is 2.74. The molecule has 0 radical (unpaired) electrons. The van der Waals surface area contributed by atoms with Crippen molar-refractivity contribution in [1.29, 1.82) is 0 Å². The van der Waals surface area contributed by atoms with E-state index in [9.17, 15) is 13.2 Å². The lowest BCUT2D eigenvalue weighted by Gasteiger charge is -2.28. The molecule has 0 aromatic heterocycles. The Hall–Kier alpha value is -0.330. The van der Waals surface area contributed by atoms with E-state index in [4.69, 9.17) is 15.2 Å². The van der Waals surface area contributed by atoms with Crippen LogP contribution in [0.1, 0.15) is 33.6 Å². The summed E-state index contributed by atoms with van der Waals surface area (Å²) < 4.78 is 47.8. The smallest absolute Gasteiger partial charge is 0.379 e. The largest absolute Gasteiger partial charge is 0.416 e. The fraction of sp³-hybridized carbons (Fsp3) is 1.00. The van der Waals surface area contributed by atoms with Crippen LogP contribution < -0.4 is 5.73 Å². The van der Waals surface area contributed by atoms with Crippen molar-refractivity contribution in [2.45, 2.75) is 57.5 Å². The molecule has 2 atom stereocenters.